The van der Waals surface area contributed by atoms with Gasteiger partial charge in [-0.2, -0.15) is 0 Å². The predicted molar refractivity (Wildman–Crippen MR) is 169 cm³/mol. The maximum absolute atomic E-state index is 12.7. The number of hydrogen-bond acceptors (Lipinski definition) is 10. The van der Waals surface area contributed by atoms with Gasteiger partial charge in [-0.05, 0) is 25.7 Å². The summed E-state index contributed by atoms with van der Waals surface area (Å²) < 4.78 is 14.8. The molecule has 0 aromatic heterocycles. The molecule has 12 nitrogen and oxygen atoms in total. The van der Waals surface area contributed by atoms with E-state index < -0.39 is 42.3 Å². The summed E-state index contributed by atoms with van der Waals surface area (Å²) in [6.45, 7) is 0.758. The summed E-state index contributed by atoms with van der Waals surface area (Å²) in [5.41, 5.74) is 0. The minimum atomic E-state index is -1.69. The van der Waals surface area contributed by atoms with Crippen LogP contribution in [0, 0.1) is 0 Å². The maximum atomic E-state index is 12.7. The van der Waals surface area contributed by atoms with Gasteiger partial charge in [-0.3, -0.25) is 19.2 Å². The van der Waals surface area contributed by atoms with Crippen molar-refractivity contribution in [2.24, 2.45) is 0 Å². The van der Waals surface area contributed by atoms with Crippen LogP contribution in [0.3, 0.4) is 0 Å². The number of rotatable bonds is 26. The van der Waals surface area contributed by atoms with Crippen LogP contribution in [-0.2, 0) is 33.4 Å². The van der Waals surface area contributed by atoms with E-state index in [4.69, 9.17) is 4.74 Å². The Labute approximate surface area is 269 Å². The van der Waals surface area contributed by atoms with Crippen molar-refractivity contribution in [2.75, 3.05) is 27.3 Å². The average molecular weight is 645 g/mol. The van der Waals surface area contributed by atoms with Gasteiger partial charge in [-0.15, -0.1) is 0 Å². The lowest BCUT2D eigenvalue weighted by molar-refractivity contribution is -0.219. The lowest BCUT2D eigenvalue weighted by Gasteiger charge is -2.39. The number of amides is 2. The lowest BCUT2D eigenvalue weighted by Crippen LogP contribution is -2.64. The van der Waals surface area contributed by atoms with Crippen LogP contribution in [0.15, 0.2) is 0 Å². The van der Waals surface area contributed by atoms with Crippen LogP contribution in [0.2, 0.25) is 0 Å². The third-order valence-electron chi connectivity index (χ3n) is 8.30. The fourth-order valence-electron chi connectivity index (χ4n) is 5.40. The molecular formula is C33H60N2O10. The minimum absolute atomic E-state index is 0.159. The highest BCUT2D eigenvalue weighted by atomic mass is 16.5. The quantitative estimate of drug-likeness (QED) is 0.0693. The van der Waals surface area contributed by atoms with Crippen molar-refractivity contribution in [2.45, 2.75) is 159 Å². The van der Waals surface area contributed by atoms with Gasteiger partial charge in [0.1, 0.15) is 18.3 Å². The molecular weight excluding hydrogens is 584 g/mol. The topological polar surface area (TPSA) is 181 Å². The molecule has 1 aliphatic heterocycles. The van der Waals surface area contributed by atoms with E-state index in [9.17, 15) is 34.5 Å². The second kappa shape index (κ2) is 25.9. The zero-order valence-corrected chi connectivity index (χ0v) is 27.6. The molecule has 5 atom stereocenters. The van der Waals surface area contributed by atoms with E-state index in [-0.39, 0.29) is 11.9 Å². The van der Waals surface area contributed by atoms with E-state index in [0.717, 1.165) is 116 Å². The summed E-state index contributed by atoms with van der Waals surface area (Å²) in [7, 11) is 2.81. The second-order valence-corrected chi connectivity index (χ2v) is 12.0. The summed E-state index contributed by atoms with van der Waals surface area (Å²) in [5.74, 6) is -1.57. The van der Waals surface area contributed by atoms with Gasteiger partial charge in [-0.25, -0.2) is 0 Å². The van der Waals surface area contributed by atoms with Crippen molar-refractivity contribution < 1.29 is 48.7 Å². The number of nitrogens with one attached hydrogen (secondary N) is 2. The summed E-state index contributed by atoms with van der Waals surface area (Å²) >= 11 is 0. The number of ether oxygens (including phenoxy) is 3. The van der Waals surface area contributed by atoms with E-state index in [1.54, 1.807) is 0 Å². The molecule has 1 rings (SSSR count). The molecule has 2 amide bonds. The molecule has 45 heavy (non-hydrogen) atoms. The molecule has 1 saturated heterocycles. The summed E-state index contributed by atoms with van der Waals surface area (Å²) in [4.78, 5) is 47.5. The third-order valence-corrected chi connectivity index (χ3v) is 8.30. The zero-order valence-electron chi connectivity index (χ0n) is 27.6. The largest absolute Gasteiger partial charge is 0.469 e. The summed E-state index contributed by atoms with van der Waals surface area (Å²) in [6, 6.07) is 0. The first kappa shape index (κ1) is 40.7. The van der Waals surface area contributed by atoms with Crippen LogP contribution in [0.4, 0.5) is 0 Å². The van der Waals surface area contributed by atoms with Crippen LogP contribution >= 0.6 is 0 Å². The molecule has 5 N–H and O–H groups in total. The van der Waals surface area contributed by atoms with E-state index in [2.05, 4.69) is 20.1 Å². The molecule has 1 aliphatic rings. The highest BCUT2D eigenvalue weighted by Crippen LogP contribution is 2.22. The first-order valence-electron chi connectivity index (χ1n) is 17.1. The van der Waals surface area contributed by atoms with Gasteiger partial charge in [-0.1, -0.05) is 89.9 Å². The van der Waals surface area contributed by atoms with Crippen molar-refractivity contribution >= 4 is 23.8 Å². The highest BCUT2D eigenvalue weighted by Gasteiger charge is 2.49. The predicted octanol–water partition coefficient (Wildman–Crippen LogP) is 3.22. The van der Waals surface area contributed by atoms with Crippen molar-refractivity contribution in [3.8, 4) is 0 Å². The zero-order chi connectivity index (χ0) is 33.3. The smallest absolute Gasteiger partial charge is 0.305 e. The molecule has 0 bridgehead atoms. The second-order valence-electron chi connectivity index (χ2n) is 12.0. The SMILES string of the molecule is COC(=O)CCCCCCCCCCCNC(=O)[C@H]1O[C@@H](C(=O)NCCCCCCCCCCCC(=O)OC)[C@H](O)C(O)[C@@H]1O. The maximum Gasteiger partial charge on any atom is 0.305 e. The summed E-state index contributed by atoms with van der Waals surface area (Å²) in [5, 5.41) is 36.4. The Morgan fingerprint density at radius 2 is 0.778 bits per heavy atom. The fraction of sp³-hybridized carbons (Fsp3) is 0.879. The number of hydrogen-bond donors (Lipinski definition) is 5. The van der Waals surface area contributed by atoms with Crippen LogP contribution in [-0.4, -0.2) is 96.9 Å². The molecule has 1 heterocycles. The third kappa shape index (κ3) is 18.5. The Morgan fingerprint density at radius 3 is 1.09 bits per heavy atom. The Balaban J connectivity index is 2.16. The van der Waals surface area contributed by atoms with Gasteiger partial charge < -0.3 is 40.2 Å². The fourth-order valence-corrected chi connectivity index (χ4v) is 5.40. The molecule has 0 aromatic rings. The van der Waals surface area contributed by atoms with Crippen LogP contribution in [0.1, 0.15) is 128 Å². The Hall–Kier alpha value is -2.28. The number of aliphatic hydroxyl groups is 3. The Kier molecular flexibility index (Phi) is 23.4. The van der Waals surface area contributed by atoms with E-state index in [1.165, 1.54) is 14.2 Å². The molecule has 262 valence electrons. The van der Waals surface area contributed by atoms with Crippen molar-refractivity contribution in [1.29, 1.82) is 0 Å². The standard InChI is InChI=1S/C33H60N2O10/c1-43-25(36)21-17-13-9-5-3-7-11-15-19-23-34-32(41)30-28(39)27(38)29(40)31(45-30)33(42)35-24-20-16-12-8-4-6-10-14-18-22-26(37)44-2/h27-31,38-40H,3-24H2,1-2H3,(H,34,41)(H,35,42)/t27?,28-,29+,30-,31+. The minimum Gasteiger partial charge on any atom is -0.469 e. The van der Waals surface area contributed by atoms with Gasteiger partial charge in [0, 0.05) is 25.9 Å². The van der Waals surface area contributed by atoms with Gasteiger partial charge in [0.25, 0.3) is 11.8 Å². The van der Waals surface area contributed by atoms with Gasteiger partial charge >= 0.3 is 11.9 Å². The molecule has 0 radical (unpaired) electrons. The van der Waals surface area contributed by atoms with Crippen LogP contribution in [0.25, 0.3) is 0 Å². The molecule has 0 saturated carbocycles. The normalized spacial score (nSPS) is 21.2. The van der Waals surface area contributed by atoms with Gasteiger partial charge in [0.2, 0.25) is 0 Å². The molecule has 0 aliphatic carbocycles. The Bertz CT molecular complexity index is 763. The van der Waals surface area contributed by atoms with Crippen LogP contribution < -0.4 is 10.6 Å². The van der Waals surface area contributed by atoms with Gasteiger partial charge in [0.15, 0.2) is 12.2 Å². The summed E-state index contributed by atoms with van der Waals surface area (Å²) in [6.07, 6.45) is 11.1. The molecule has 0 spiro atoms. The molecule has 12 heteroatoms. The monoisotopic (exact) mass is 644 g/mol. The number of methoxy groups -OCH3 is 2. The lowest BCUT2D eigenvalue weighted by atomic mass is 9.94. The highest BCUT2D eigenvalue weighted by molar-refractivity contribution is 5.85. The molecule has 0 aromatic carbocycles. The molecule has 1 fully saturated rings. The number of carbonyl (C=O) groups excluding carboxylic acids is 4. The Morgan fingerprint density at radius 1 is 0.489 bits per heavy atom. The van der Waals surface area contributed by atoms with E-state index in [0.29, 0.717) is 25.9 Å². The van der Waals surface area contributed by atoms with Crippen molar-refractivity contribution in [3.63, 3.8) is 0 Å². The first-order chi connectivity index (χ1) is 21.7. The van der Waals surface area contributed by atoms with Crippen LogP contribution in [0.5, 0.6) is 0 Å². The van der Waals surface area contributed by atoms with Crippen molar-refractivity contribution in [3.05, 3.63) is 0 Å². The number of unbranched alkanes of at least 4 members (excludes halogenated alkanes) is 16. The number of aliphatic hydroxyl groups excluding tert-OH is 3. The van der Waals surface area contributed by atoms with Crippen molar-refractivity contribution in [1.82, 2.24) is 10.6 Å². The molecule has 1 unspecified atom stereocenters. The number of esters is 2. The van der Waals surface area contributed by atoms with Gasteiger partial charge in [0.05, 0.1) is 14.2 Å². The first-order valence-corrected chi connectivity index (χ1v) is 17.1. The van der Waals surface area contributed by atoms with E-state index in [1.807, 2.05) is 0 Å². The van der Waals surface area contributed by atoms with E-state index >= 15 is 0 Å². The number of carbonyl (C=O) groups is 4. The average Bonchev–Trinajstić information content (AvgIpc) is 3.04.